The molecular formula is C10H11ClFNS. The van der Waals surface area contributed by atoms with Gasteiger partial charge in [-0.2, -0.15) is 0 Å². The molecule has 4 heteroatoms. The maximum Gasteiger partial charge on any atom is 0.126 e. The van der Waals surface area contributed by atoms with Crippen LogP contribution in [0.25, 0.3) is 0 Å². The van der Waals surface area contributed by atoms with Crippen molar-refractivity contribution in [2.45, 2.75) is 6.92 Å². The molecule has 0 fully saturated rings. The molecular weight excluding hydrogens is 221 g/mol. The van der Waals surface area contributed by atoms with Crippen molar-refractivity contribution in [1.82, 2.24) is 0 Å². The summed E-state index contributed by atoms with van der Waals surface area (Å²) in [4.78, 5) is 4.04. The molecule has 0 unspecified atom stereocenters. The molecule has 76 valence electrons. The van der Waals surface area contributed by atoms with E-state index in [-0.39, 0.29) is 5.82 Å². The van der Waals surface area contributed by atoms with E-state index in [0.717, 1.165) is 5.04 Å². The van der Waals surface area contributed by atoms with Crippen molar-refractivity contribution < 1.29 is 4.39 Å². The van der Waals surface area contributed by atoms with Crippen LogP contribution in [0.15, 0.2) is 17.1 Å². The van der Waals surface area contributed by atoms with Gasteiger partial charge in [0.1, 0.15) is 5.82 Å². The first-order valence-corrected chi connectivity index (χ1v) is 5.67. The van der Waals surface area contributed by atoms with Gasteiger partial charge in [0, 0.05) is 12.6 Å². The zero-order chi connectivity index (χ0) is 10.7. The third kappa shape index (κ3) is 2.28. The summed E-state index contributed by atoms with van der Waals surface area (Å²) in [6, 6.07) is 3.05. The standard InChI is InChI=1S/C10H11ClFNS/c1-6-4-8(11)7(5-9(6)12)10(13-2)14-3/h4-5H,1-3H3. The molecule has 0 saturated carbocycles. The first kappa shape index (κ1) is 11.5. The SMILES string of the molecule is CN=C(SC)c1cc(F)c(C)cc1Cl. The Morgan fingerprint density at radius 2 is 2.14 bits per heavy atom. The fourth-order valence-electron chi connectivity index (χ4n) is 1.13. The summed E-state index contributed by atoms with van der Waals surface area (Å²) in [5.41, 5.74) is 1.21. The van der Waals surface area contributed by atoms with Crippen LogP contribution in [0.4, 0.5) is 4.39 Å². The normalized spacial score (nSPS) is 11.9. The Morgan fingerprint density at radius 3 is 2.64 bits per heavy atom. The van der Waals surface area contributed by atoms with Gasteiger partial charge in [-0.15, -0.1) is 11.8 Å². The van der Waals surface area contributed by atoms with Gasteiger partial charge in [-0.3, -0.25) is 4.99 Å². The minimum absolute atomic E-state index is 0.250. The van der Waals surface area contributed by atoms with Crippen molar-refractivity contribution in [3.8, 4) is 0 Å². The molecule has 0 aromatic heterocycles. The molecule has 0 bridgehead atoms. The molecule has 0 N–H and O–H groups in total. The van der Waals surface area contributed by atoms with Crippen molar-refractivity contribution in [3.05, 3.63) is 34.1 Å². The van der Waals surface area contributed by atoms with Crippen LogP contribution in [0.1, 0.15) is 11.1 Å². The third-order valence-corrected chi connectivity index (χ3v) is 2.98. The second-order valence-electron chi connectivity index (χ2n) is 2.81. The van der Waals surface area contributed by atoms with E-state index in [1.807, 2.05) is 6.26 Å². The number of benzene rings is 1. The van der Waals surface area contributed by atoms with Gasteiger partial charge in [0.05, 0.1) is 10.1 Å². The topological polar surface area (TPSA) is 12.4 Å². The fourth-order valence-corrected chi connectivity index (χ4v) is 2.07. The van der Waals surface area contributed by atoms with Crippen molar-refractivity contribution >= 4 is 28.4 Å². The summed E-state index contributed by atoms with van der Waals surface area (Å²) in [7, 11) is 1.67. The summed E-state index contributed by atoms with van der Waals surface area (Å²) in [5, 5.41) is 1.28. The molecule has 0 amide bonds. The first-order chi connectivity index (χ1) is 6.60. The lowest BCUT2D eigenvalue weighted by Gasteiger charge is -2.06. The largest absolute Gasteiger partial charge is 0.281 e. The van der Waals surface area contributed by atoms with E-state index in [0.29, 0.717) is 16.1 Å². The van der Waals surface area contributed by atoms with E-state index < -0.39 is 0 Å². The number of aryl methyl sites for hydroxylation is 1. The number of aliphatic imine (C=N–C) groups is 1. The Labute approximate surface area is 92.4 Å². The fraction of sp³-hybridized carbons (Fsp3) is 0.300. The number of thioether (sulfide) groups is 1. The lowest BCUT2D eigenvalue weighted by atomic mass is 10.1. The molecule has 1 rings (SSSR count). The van der Waals surface area contributed by atoms with Crippen LogP contribution in [0.5, 0.6) is 0 Å². The van der Waals surface area contributed by atoms with Crippen LogP contribution in [0.2, 0.25) is 5.02 Å². The van der Waals surface area contributed by atoms with Gasteiger partial charge in [-0.25, -0.2) is 4.39 Å². The third-order valence-electron chi connectivity index (χ3n) is 1.88. The van der Waals surface area contributed by atoms with E-state index in [2.05, 4.69) is 4.99 Å². The highest BCUT2D eigenvalue weighted by molar-refractivity contribution is 8.13. The van der Waals surface area contributed by atoms with Crippen molar-refractivity contribution in [1.29, 1.82) is 0 Å². The van der Waals surface area contributed by atoms with Crippen LogP contribution >= 0.6 is 23.4 Å². The van der Waals surface area contributed by atoms with Crippen molar-refractivity contribution in [3.63, 3.8) is 0 Å². The van der Waals surface area contributed by atoms with Crippen LogP contribution in [0, 0.1) is 12.7 Å². The minimum atomic E-state index is -0.250. The maximum absolute atomic E-state index is 13.3. The van der Waals surface area contributed by atoms with E-state index in [4.69, 9.17) is 11.6 Å². The molecule has 0 heterocycles. The van der Waals surface area contributed by atoms with Crippen LogP contribution in [-0.4, -0.2) is 18.3 Å². The number of nitrogens with zero attached hydrogens (tertiary/aromatic N) is 1. The van der Waals surface area contributed by atoms with Crippen molar-refractivity contribution in [2.24, 2.45) is 4.99 Å². The van der Waals surface area contributed by atoms with Gasteiger partial charge in [-0.1, -0.05) is 11.6 Å². The van der Waals surface area contributed by atoms with E-state index >= 15 is 0 Å². The quantitative estimate of drug-likeness (QED) is 0.532. The highest BCUT2D eigenvalue weighted by atomic mass is 35.5. The zero-order valence-corrected chi connectivity index (χ0v) is 9.84. The molecule has 0 aliphatic heterocycles. The molecule has 1 nitrogen and oxygen atoms in total. The lowest BCUT2D eigenvalue weighted by molar-refractivity contribution is 0.618. The predicted octanol–water partition coefficient (Wildman–Crippen LogP) is 3.53. The highest BCUT2D eigenvalue weighted by Crippen LogP contribution is 2.24. The van der Waals surface area contributed by atoms with Gasteiger partial charge in [-0.05, 0) is 30.9 Å². The van der Waals surface area contributed by atoms with Gasteiger partial charge in [0.15, 0.2) is 0 Å². The summed E-state index contributed by atoms with van der Waals surface area (Å²) in [6.07, 6.45) is 1.89. The Bertz CT molecular complexity index is 377. The summed E-state index contributed by atoms with van der Waals surface area (Å²) in [5.74, 6) is -0.250. The zero-order valence-electron chi connectivity index (χ0n) is 8.27. The molecule has 0 atom stereocenters. The second kappa shape index (κ2) is 4.80. The second-order valence-corrected chi connectivity index (χ2v) is 4.02. The highest BCUT2D eigenvalue weighted by Gasteiger charge is 2.10. The molecule has 14 heavy (non-hydrogen) atoms. The van der Waals surface area contributed by atoms with Crippen LogP contribution in [0.3, 0.4) is 0 Å². The van der Waals surface area contributed by atoms with Gasteiger partial charge in [0.25, 0.3) is 0 Å². The minimum Gasteiger partial charge on any atom is -0.281 e. The Hall–Kier alpha value is -0.540. The van der Waals surface area contributed by atoms with E-state index in [9.17, 15) is 4.39 Å². The van der Waals surface area contributed by atoms with Gasteiger partial charge in [0.2, 0.25) is 0 Å². The molecule has 0 spiro atoms. The lowest BCUT2D eigenvalue weighted by Crippen LogP contribution is -1.98. The number of hydrogen-bond donors (Lipinski definition) is 0. The molecule has 0 saturated heterocycles. The Kier molecular flexibility index (Phi) is 3.96. The summed E-state index contributed by atoms with van der Waals surface area (Å²) < 4.78 is 13.3. The molecule has 0 radical (unpaired) electrons. The van der Waals surface area contributed by atoms with Crippen molar-refractivity contribution in [2.75, 3.05) is 13.3 Å². The number of hydrogen-bond acceptors (Lipinski definition) is 2. The predicted molar refractivity (Wildman–Crippen MR) is 62.1 cm³/mol. The van der Waals surface area contributed by atoms with E-state index in [1.165, 1.54) is 17.8 Å². The smallest absolute Gasteiger partial charge is 0.126 e. The summed E-state index contributed by atoms with van der Waals surface area (Å²) in [6.45, 7) is 1.69. The summed E-state index contributed by atoms with van der Waals surface area (Å²) >= 11 is 7.44. The first-order valence-electron chi connectivity index (χ1n) is 4.07. The van der Waals surface area contributed by atoms with E-state index in [1.54, 1.807) is 20.0 Å². The Morgan fingerprint density at radius 1 is 1.50 bits per heavy atom. The van der Waals surface area contributed by atoms with Gasteiger partial charge < -0.3 is 0 Å². The van der Waals surface area contributed by atoms with Crippen LogP contribution in [-0.2, 0) is 0 Å². The number of halogens is 2. The molecule has 0 aliphatic carbocycles. The maximum atomic E-state index is 13.3. The molecule has 0 aliphatic rings. The average Bonchev–Trinajstić information content (AvgIpc) is 2.15. The number of rotatable bonds is 1. The monoisotopic (exact) mass is 231 g/mol. The molecule has 1 aromatic carbocycles. The van der Waals surface area contributed by atoms with Gasteiger partial charge >= 0.3 is 0 Å². The van der Waals surface area contributed by atoms with Crippen LogP contribution < -0.4 is 0 Å². The Balaban J connectivity index is 3.28. The molecule has 1 aromatic rings. The average molecular weight is 232 g/mol.